The molecule has 3 heterocycles. The van der Waals surface area contributed by atoms with Crippen molar-refractivity contribution in [3.05, 3.63) is 63.9 Å². The second-order valence-corrected chi connectivity index (χ2v) is 6.57. The zero-order chi connectivity index (χ0) is 16.3. The van der Waals surface area contributed by atoms with Crippen LogP contribution in [0.25, 0.3) is 33.3 Å². The molecule has 2 aromatic carbocycles. The van der Waals surface area contributed by atoms with Crippen LogP contribution < -0.4 is 5.56 Å². The predicted molar refractivity (Wildman–Crippen MR) is 96.4 cm³/mol. The van der Waals surface area contributed by atoms with Gasteiger partial charge in [0.05, 0.1) is 16.6 Å². The lowest BCUT2D eigenvalue weighted by atomic mass is 9.98. The fraction of sp³-hybridized carbons (Fsp3) is 0.200. The lowest BCUT2D eigenvalue weighted by Gasteiger charge is -2.20. The molecule has 0 amide bonds. The van der Waals surface area contributed by atoms with Crippen LogP contribution in [0.3, 0.4) is 0 Å². The topological polar surface area (TPSA) is 50.7 Å². The zero-order valence-corrected chi connectivity index (χ0v) is 13.5. The number of imidazole rings is 1. The summed E-state index contributed by atoms with van der Waals surface area (Å²) in [6.45, 7) is 2.86. The first kappa shape index (κ1) is 13.5. The largest absolute Gasteiger partial charge is 0.338 e. The average Bonchev–Trinajstić information content (AvgIpc) is 3.01. The van der Waals surface area contributed by atoms with Crippen LogP contribution in [0.1, 0.15) is 17.5 Å². The molecule has 2 aromatic heterocycles. The highest BCUT2D eigenvalue weighted by atomic mass is 16.1. The summed E-state index contributed by atoms with van der Waals surface area (Å²) in [5, 5.41) is 1.10. The van der Waals surface area contributed by atoms with Gasteiger partial charge in [0.15, 0.2) is 0 Å². The van der Waals surface area contributed by atoms with E-state index in [-0.39, 0.29) is 5.56 Å². The van der Waals surface area contributed by atoms with Crippen LogP contribution in [-0.4, -0.2) is 14.5 Å². The molecule has 4 heteroatoms. The number of para-hydroxylation sites is 1. The van der Waals surface area contributed by atoms with Gasteiger partial charge in [0, 0.05) is 23.6 Å². The Balaban J connectivity index is 1.86. The van der Waals surface area contributed by atoms with E-state index in [1.165, 1.54) is 11.1 Å². The van der Waals surface area contributed by atoms with E-state index in [1.54, 1.807) is 6.07 Å². The third kappa shape index (κ3) is 1.86. The molecule has 1 aliphatic rings. The van der Waals surface area contributed by atoms with E-state index in [4.69, 9.17) is 4.98 Å². The van der Waals surface area contributed by atoms with Crippen LogP contribution in [0.4, 0.5) is 0 Å². The summed E-state index contributed by atoms with van der Waals surface area (Å²) in [5.41, 5.74) is 6.40. The minimum absolute atomic E-state index is 0.0567. The van der Waals surface area contributed by atoms with Crippen LogP contribution in [0.5, 0.6) is 0 Å². The molecule has 0 saturated heterocycles. The van der Waals surface area contributed by atoms with Gasteiger partial charge in [-0.1, -0.05) is 24.3 Å². The van der Waals surface area contributed by atoms with Crippen LogP contribution >= 0.6 is 0 Å². The van der Waals surface area contributed by atoms with Gasteiger partial charge in [-0.25, -0.2) is 4.98 Å². The Bertz CT molecular complexity index is 1170. The van der Waals surface area contributed by atoms with E-state index in [0.29, 0.717) is 0 Å². The number of aromatic nitrogens is 3. The number of hydrogen-bond acceptors (Lipinski definition) is 2. The Kier molecular flexibility index (Phi) is 2.71. The van der Waals surface area contributed by atoms with Crippen LogP contribution in [0, 0.1) is 6.92 Å². The average molecular weight is 315 g/mol. The maximum absolute atomic E-state index is 12.6. The van der Waals surface area contributed by atoms with Crippen molar-refractivity contribution >= 4 is 21.9 Å². The van der Waals surface area contributed by atoms with Gasteiger partial charge in [-0.3, -0.25) is 4.79 Å². The van der Waals surface area contributed by atoms with Crippen molar-refractivity contribution < 1.29 is 0 Å². The molecule has 0 aliphatic carbocycles. The van der Waals surface area contributed by atoms with Gasteiger partial charge < -0.3 is 9.55 Å². The summed E-state index contributed by atoms with van der Waals surface area (Å²) < 4.78 is 1.91. The molecule has 0 atom stereocenters. The van der Waals surface area contributed by atoms with E-state index in [2.05, 4.69) is 42.2 Å². The normalized spacial score (nSPS) is 13.7. The number of hydrogen-bond donors (Lipinski definition) is 1. The molecule has 4 aromatic rings. The van der Waals surface area contributed by atoms with Gasteiger partial charge in [-0.05, 0) is 43.0 Å². The number of H-pyrrole nitrogens is 1. The number of fused-ring (bicyclic) bond motifs is 1. The van der Waals surface area contributed by atoms with E-state index < -0.39 is 0 Å². The van der Waals surface area contributed by atoms with Crippen LogP contribution in [0.15, 0.2) is 47.3 Å². The van der Waals surface area contributed by atoms with E-state index in [1.807, 2.05) is 10.6 Å². The fourth-order valence-electron chi connectivity index (χ4n) is 3.82. The number of rotatable bonds is 1. The van der Waals surface area contributed by atoms with Crippen molar-refractivity contribution in [2.45, 2.75) is 26.3 Å². The smallest absolute Gasteiger partial charge is 0.251 e. The summed E-state index contributed by atoms with van der Waals surface area (Å²) in [6.07, 6.45) is 2.05. The standard InChI is InChI=1S/C20H17N3O/c1-12-7-8-16-17(10-12)22-20(21-16)15-11-18(24)23-9-3-5-13-4-2-6-14(15)19(13)23/h2,4,6-8,10-11H,3,5,9H2,1H3,(H,21,22). The van der Waals surface area contributed by atoms with Gasteiger partial charge in [-0.15, -0.1) is 0 Å². The molecule has 0 bridgehead atoms. The van der Waals surface area contributed by atoms with Crippen LogP contribution in [-0.2, 0) is 13.0 Å². The third-order valence-electron chi connectivity index (χ3n) is 4.93. The highest BCUT2D eigenvalue weighted by molar-refractivity contribution is 5.96. The molecular weight excluding hydrogens is 298 g/mol. The minimum Gasteiger partial charge on any atom is -0.338 e. The molecule has 4 nitrogen and oxygen atoms in total. The molecule has 0 radical (unpaired) electrons. The number of nitrogens with one attached hydrogen (secondary N) is 1. The third-order valence-corrected chi connectivity index (χ3v) is 4.93. The van der Waals surface area contributed by atoms with Gasteiger partial charge in [0.25, 0.3) is 5.56 Å². The zero-order valence-electron chi connectivity index (χ0n) is 13.5. The summed E-state index contributed by atoms with van der Waals surface area (Å²) in [6, 6.07) is 14.2. The van der Waals surface area contributed by atoms with Gasteiger partial charge in [0.1, 0.15) is 5.82 Å². The minimum atomic E-state index is 0.0567. The van der Waals surface area contributed by atoms with E-state index >= 15 is 0 Å². The highest BCUT2D eigenvalue weighted by Crippen LogP contribution is 2.31. The monoisotopic (exact) mass is 315 g/mol. The molecule has 0 fully saturated rings. The highest BCUT2D eigenvalue weighted by Gasteiger charge is 2.18. The second-order valence-electron chi connectivity index (χ2n) is 6.57. The Morgan fingerprint density at radius 1 is 1.17 bits per heavy atom. The van der Waals surface area contributed by atoms with Gasteiger partial charge in [0.2, 0.25) is 0 Å². The van der Waals surface area contributed by atoms with E-state index in [0.717, 1.165) is 52.7 Å². The molecule has 1 aliphatic heterocycles. The summed E-state index contributed by atoms with van der Waals surface area (Å²) >= 11 is 0. The summed E-state index contributed by atoms with van der Waals surface area (Å²) in [4.78, 5) is 20.7. The van der Waals surface area contributed by atoms with E-state index in [9.17, 15) is 4.79 Å². The number of aryl methyl sites for hydroxylation is 3. The number of pyridine rings is 1. The number of benzene rings is 2. The van der Waals surface area contributed by atoms with Crippen molar-refractivity contribution in [1.29, 1.82) is 0 Å². The maximum Gasteiger partial charge on any atom is 0.251 e. The summed E-state index contributed by atoms with van der Waals surface area (Å²) in [5.74, 6) is 0.766. The predicted octanol–water partition coefficient (Wildman–Crippen LogP) is 3.80. The molecule has 5 rings (SSSR count). The Morgan fingerprint density at radius 2 is 2.08 bits per heavy atom. The van der Waals surface area contributed by atoms with Gasteiger partial charge in [-0.2, -0.15) is 0 Å². The first-order chi connectivity index (χ1) is 11.7. The Labute approximate surface area is 138 Å². The van der Waals surface area contributed by atoms with Crippen molar-refractivity contribution in [1.82, 2.24) is 14.5 Å². The van der Waals surface area contributed by atoms with Crippen molar-refractivity contribution in [2.75, 3.05) is 0 Å². The lowest BCUT2D eigenvalue weighted by Crippen LogP contribution is -2.24. The Hall–Kier alpha value is -2.88. The molecular formula is C20H17N3O. The molecule has 0 unspecified atom stereocenters. The first-order valence-electron chi connectivity index (χ1n) is 8.33. The Morgan fingerprint density at radius 3 is 3.00 bits per heavy atom. The molecule has 1 N–H and O–H groups in total. The van der Waals surface area contributed by atoms with Crippen molar-refractivity contribution in [3.8, 4) is 11.4 Å². The van der Waals surface area contributed by atoms with Crippen molar-refractivity contribution in [3.63, 3.8) is 0 Å². The SMILES string of the molecule is Cc1ccc2nc(-c3cc(=O)n4c5c(cccc35)CCC4)[nH]c2c1. The first-order valence-corrected chi connectivity index (χ1v) is 8.33. The molecule has 118 valence electrons. The van der Waals surface area contributed by atoms with Crippen LogP contribution in [0.2, 0.25) is 0 Å². The lowest BCUT2D eigenvalue weighted by molar-refractivity contribution is 0.616. The number of nitrogens with zero attached hydrogens (tertiary/aromatic N) is 2. The summed E-state index contributed by atoms with van der Waals surface area (Å²) in [7, 11) is 0. The quantitative estimate of drug-likeness (QED) is 0.581. The second kappa shape index (κ2) is 4.81. The number of aromatic amines is 1. The van der Waals surface area contributed by atoms with Crippen molar-refractivity contribution in [2.24, 2.45) is 0 Å². The molecule has 0 spiro atoms. The molecule has 24 heavy (non-hydrogen) atoms. The maximum atomic E-state index is 12.6. The molecule has 0 saturated carbocycles. The fourth-order valence-corrected chi connectivity index (χ4v) is 3.82. The van der Waals surface area contributed by atoms with Gasteiger partial charge >= 0.3 is 0 Å².